The first-order valence-corrected chi connectivity index (χ1v) is 8.03. The molecule has 7 nitrogen and oxygen atoms in total. The van der Waals surface area contributed by atoms with Gasteiger partial charge in [-0.05, 0) is 37.3 Å². The second-order valence-electron chi connectivity index (χ2n) is 7.04. The summed E-state index contributed by atoms with van der Waals surface area (Å²) in [5.41, 5.74) is -0.650. The maximum atomic E-state index is 12.8. The van der Waals surface area contributed by atoms with Crippen LogP contribution in [0.2, 0.25) is 0 Å². The predicted molar refractivity (Wildman–Crippen MR) is 78.2 cm³/mol. The molecule has 1 aromatic carbocycles. The number of benzene rings is 1. The topological polar surface area (TPSA) is 92.8 Å². The van der Waals surface area contributed by atoms with Crippen LogP contribution in [0.5, 0.6) is 0 Å². The normalized spacial score (nSPS) is 35.4. The molecule has 0 spiro atoms. The Labute approximate surface area is 136 Å². The Balaban J connectivity index is 1.44. The molecule has 2 aliphatic heterocycles. The number of carbonyl (C=O) groups is 4. The van der Waals surface area contributed by atoms with Crippen LogP contribution in [-0.4, -0.2) is 34.3 Å². The van der Waals surface area contributed by atoms with Gasteiger partial charge in [0.1, 0.15) is 5.54 Å². The minimum absolute atomic E-state index is 0.0994. The minimum atomic E-state index is -1.08. The highest BCUT2D eigenvalue weighted by Crippen LogP contribution is 2.58. The molecule has 4 atom stereocenters. The van der Waals surface area contributed by atoms with E-state index in [2.05, 4.69) is 5.32 Å². The molecule has 4 aliphatic rings. The number of hydroxylamine groups is 2. The first-order chi connectivity index (χ1) is 11.5. The molecule has 24 heavy (non-hydrogen) atoms. The average Bonchev–Trinajstić information content (AvgIpc) is 3.24. The minimum Gasteiger partial charge on any atom is -0.340 e. The molecule has 1 aromatic rings. The van der Waals surface area contributed by atoms with E-state index < -0.39 is 23.3 Å². The number of amides is 3. The smallest absolute Gasteiger partial charge is 0.340 e. The zero-order chi connectivity index (χ0) is 16.6. The van der Waals surface area contributed by atoms with Gasteiger partial charge in [0.25, 0.3) is 11.8 Å². The number of rotatable bonds is 2. The zero-order valence-corrected chi connectivity index (χ0v) is 12.7. The van der Waals surface area contributed by atoms with Gasteiger partial charge in [0.05, 0.1) is 11.1 Å². The van der Waals surface area contributed by atoms with Crippen LogP contribution in [-0.2, 0) is 14.4 Å². The molecule has 5 rings (SSSR count). The molecular formula is C17H14N2O5. The van der Waals surface area contributed by atoms with Crippen LogP contribution in [0.15, 0.2) is 24.3 Å². The molecule has 2 bridgehead atoms. The van der Waals surface area contributed by atoms with Crippen LogP contribution in [0.25, 0.3) is 0 Å². The monoisotopic (exact) mass is 326 g/mol. The predicted octanol–water partition coefficient (Wildman–Crippen LogP) is 0.655. The summed E-state index contributed by atoms with van der Waals surface area (Å²) in [4.78, 5) is 54.7. The fourth-order valence-corrected chi connectivity index (χ4v) is 4.91. The first kappa shape index (κ1) is 13.7. The molecule has 0 aromatic heterocycles. The Morgan fingerprint density at radius 1 is 1.12 bits per heavy atom. The number of nitrogens with one attached hydrogen (secondary N) is 1. The second kappa shape index (κ2) is 4.23. The Morgan fingerprint density at radius 2 is 1.79 bits per heavy atom. The van der Waals surface area contributed by atoms with Crippen molar-refractivity contribution in [1.29, 1.82) is 0 Å². The quantitative estimate of drug-likeness (QED) is 0.806. The van der Waals surface area contributed by atoms with E-state index in [9.17, 15) is 19.2 Å². The van der Waals surface area contributed by atoms with Gasteiger partial charge in [0, 0.05) is 11.8 Å². The molecule has 2 heterocycles. The molecule has 4 unspecified atom stereocenters. The summed E-state index contributed by atoms with van der Waals surface area (Å²) >= 11 is 0. The van der Waals surface area contributed by atoms with E-state index in [4.69, 9.17) is 4.84 Å². The van der Waals surface area contributed by atoms with E-state index in [1.54, 1.807) is 12.1 Å². The number of nitrogens with zero attached hydrogens (tertiary/aromatic N) is 1. The summed E-state index contributed by atoms with van der Waals surface area (Å²) < 4.78 is 0. The van der Waals surface area contributed by atoms with E-state index in [0.717, 1.165) is 12.8 Å². The molecule has 1 N–H and O–H groups in total. The van der Waals surface area contributed by atoms with E-state index in [1.165, 1.54) is 12.1 Å². The van der Waals surface area contributed by atoms with Gasteiger partial charge in [0.2, 0.25) is 5.91 Å². The van der Waals surface area contributed by atoms with Crippen LogP contribution >= 0.6 is 0 Å². The molecule has 1 saturated heterocycles. The van der Waals surface area contributed by atoms with E-state index in [-0.39, 0.29) is 28.9 Å². The molecule has 2 aliphatic carbocycles. The third-order valence-electron chi connectivity index (χ3n) is 5.88. The third-order valence-corrected chi connectivity index (χ3v) is 5.88. The van der Waals surface area contributed by atoms with Gasteiger partial charge in [-0.25, -0.2) is 4.79 Å². The van der Waals surface area contributed by atoms with E-state index >= 15 is 0 Å². The number of hydrogen-bond donors (Lipinski definition) is 1. The van der Waals surface area contributed by atoms with Crippen LogP contribution < -0.4 is 5.32 Å². The van der Waals surface area contributed by atoms with Gasteiger partial charge in [0.15, 0.2) is 0 Å². The maximum Gasteiger partial charge on any atom is 0.358 e. The van der Waals surface area contributed by atoms with Crippen molar-refractivity contribution < 1.29 is 24.0 Å². The lowest BCUT2D eigenvalue weighted by Gasteiger charge is -2.30. The molecule has 7 heteroatoms. The highest BCUT2D eigenvalue weighted by Gasteiger charge is 2.68. The molecular weight excluding hydrogens is 312 g/mol. The molecule has 3 fully saturated rings. The number of carbonyl (C=O) groups excluding carboxylic acids is 4. The van der Waals surface area contributed by atoms with Gasteiger partial charge in [-0.3, -0.25) is 14.4 Å². The lowest BCUT2D eigenvalue weighted by atomic mass is 9.79. The van der Waals surface area contributed by atoms with Crippen molar-refractivity contribution in [3.8, 4) is 0 Å². The Hall–Kier alpha value is -2.70. The van der Waals surface area contributed by atoms with Gasteiger partial charge < -0.3 is 10.2 Å². The third kappa shape index (κ3) is 1.47. The summed E-state index contributed by atoms with van der Waals surface area (Å²) in [7, 11) is 0. The van der Waals surface area contributed by atoms with Gasteiger partial charge in [-0.15, -0.1) is 0 Å². The van der Waals surface area contributed by atoms with Crippen molar-refractivity contribution in [1.82, 2.24) is 10.4 Å². The summed E-state index contributed by atoms with van der Waals surface area (Å²) in [5, 5.41) is 3.30. The summed E-state index contributed by atoms with van der Waals surface area (Å²) in [6, 6.07) is 6.33. The largest absolute Gasteiger partial charge is 0.358 e. The van der Waals surface area contributed by atoms with Crippen molar-refractivity contribution in [2.24, 2.45) is 17.8 Å². The highest BCUT2D eigenvalue weighted by atomic mass is 16.7. The van der Waals surface area contributed by atoms with E-state index in [1.807, 2.05) is 0 Å². The van der Waals surface area contributed by atoms with Crippen LogP contribution in [0.1, 0.15) is 40.0 Å². The Morgan fingerprint density at radius 3 is 2.42 bits per heavy atom. The van der Waals surface area contributed by atoms with Crippen LogP contribution in [0, 0.1) is 17.8 Å². The van der Waals surface area contributed by atoms with Gasteiger partial charge >= 0.3 is 5.97 Å². The summed E-state index contributed by atoms with van der Waals surface area (Å²) in [5.74, 6) is -2.07. The van der Waals surface area contributed by atoms with Gasteiger partial charge in [-0.2, -0.15) is 0 Å². The second-order valence-corrected chi connectivity index (χ2v) is 7.04. The SMILES string of the molecule is O=C1NC2(C(=O)ON3C(=O)c4ccccc4C3=O)CC3CC1C2C3. The van der Waals surface area contributed by atoms with Crippen molar-refractivity contribution in [2.45, 2.75) is 24.8 Å². The standard InChI is InChI=1S/C17H14N2O5/c20-13-11-5-8-6-12(11)17(7-8,18-13)16(23)24-19-14(21)9-3-1-2-4-10(9)15(19)22/h1-4,8,11-12H,5-7H2,(H,18,20). The van der Waals surface area contributed by atoms with Crippen molar-refractivity contribution in [3.05, 3.63) is 35.4 Å². The zero-order valence-electron chi connectivity index (χ0n) is 12.7. The number of fused-ring (bicyclic) bond motifs is 2. The lowest BCUT2D eigenvalue weighted by Crippen LogP contribution is -2.54. The van der Waals surface area contributed by atoms with Crippen LogP contribution in [0.3, 0.4) is 0 Å². The fourth-order valence-electron chi connectivity index (χ4n) is 4.91. The highest BCUT2D eigenvalue weighted by molar-refractivity contribution is 6.21. The van der Waals surface area contributed by atoms with E-state index in [0.29, 0.717) is 17.4 Å². The van der Waals surface area contributed by atoms with Crippen molar-refractivity contribution >= 4 is 23.7 Å². The fraction of sp³-hybridized carbons (Fsp3) is 0.412. The molecule has 3 amide bonds. The molecule has 0 radical (unpaired) electrons. The van der Waals surface area contributed by atoms with Crippen molar-refractivity contribution in [2.75, 3.05) is 0 Å². The maximum absolute atomic E-state index is 12.8. The average molecular weight is 326 g/mol. The molecule has 122 valence electrons. The van der Waals surface area contributed by atoms with Crippen molar-refractivity contribution in [3.63, 3.8) is 0 Å². The van der Waals surface area contributed by atoms with Gasteiger partial charge in [-0.1, -0.05) is 17.2 Å². The summed E-state index contributed by atoms with van der Waals surface area (Å²) in [6.45, 7) is 0. The number of hydrogen-bond acceptors (Lipinski definition) is 5. The Kier molecular flexibility index (Phi) is 2.41. The Bertz CT molecular complexity index is 799. The summed E-state index contributed by atoms with van der Waals surface area (Å²) in [6.07, 6.45) is 2.13. The number of imide groups is 1. The lowest BCUT2D eigenvalue weighted by molar-refractivity contribution is -0.178. The van der Waals surface area contributed by atoms with Crippen LogP contribution in [0.4, 0.5) is 0 Å². The first-order valence-electron chi connectivity index (χ1n) is 8.03. The molecule has 2 saturated carbocycles.